The molecular formula is C27H32N6O2S. The lowest BCUT2D eigenvalue weighted by molar-refractivity contribution is 0.313. The summed E-state index contributed by atoms with van der Waals surface area (Å²) >= 11 is 0. The molecule has 1 aliphatic rings. The van der Waals surface area contributed by atoms with Gasteiger partial charge >= 0.3 is 0 Å². The zero-order valence-electron chi connectivity index (χ0n) is 20.8. The third kappa shape index (κ3) is 6.37. The number of hydrogen-bond donors (Lipinski definition) is 3. The fourth-order valence-electron chi connectivity index (χ4n) is 4.23. The molecule has 1 saturated heterocycles. The van der Waals surface area contributed by atoms with Crippen LogP contribution in [0.4, 0.5) is 17.3 Å². The van der Waals surface area contributed by atoms with E-state index in [-0.39, 0.29) is 0 Å². The Balaban J connectivity index is 0.000000709. The third-order valence-corrected chi connectivity index (χ3v) is 6.40. The summed E-state index contributed by atoms with van der Waals surface area (Å²) in [5, 5.41) is 8.53. The lowest BCUT2D eigenvalue weighted by Gasteiger charge is -2.34. The van der Waals surface area contributed by atoms with Crippen molar-refractivity contribution in [3.8, 4) is 11.1 Å². The van der Waals surface area contributed by atoms with Gasteiger partial charge in [-0.3, -0.25) is 0 Å². The van der Waals surface area contributed by atoms with Crippen LogP contribution in [-0.4, -0.2) is 56.5 Å². The molecular weight excluding hydrogens is 472 g/mol. The first-order valence-electron chi connectivity index (χ1n) is 11.8. The standard InChI is InChI=1S/C27H29N5.H3NO2S/c1-19-10-11-21(16-20(19)2)25-9-4-6-22-18-28-27(30-26(22)25)29-23-7-5-8-24(17-23)32-14-12-31(3)13-15-32;1-4(2)3/h4-11,16-18H,12-15H2,1-3H3,(H,28,29,30);4H,(H2,1,2,3). The highest BCUT2D eigenvalue weighted by atomic mass is 32.2. The molecule has 5 rings (SSSR count). The summed E-state index contributed by atoms with van der Waals surface area (Å²) in [5.41, 5.74) is 8.09. The van der Waals surface area contributed by atoms with E-state index in [1.54, 1.807) is 0 Å². The number of aryl methyl sites for hydroxylation is 2. The van der Waals surface area contributed by atoms with E-state index in [4.69, 9.17) is 13.4 Å². The minimum atomic E-state index is -2.62. The molecule has 36 heavy (non-hydrogen) atoms. The fraction of sp³-hybridized carbons (Fsp3) is 0.259. The van der Waals surface area contributed by atoms with Crippen LogP contribution in [0.3, 0.4) is 0 Å². The summed E-state index contributed by atoms with van der Waals surface area (Å²) in [4.78, 5) is 14.3. The van der Waals surface area contributed by atoms with Crippen molar-refractivity contribution in [2.45, 2.75) is 13.8 Å². The summed E-state index contributed by atoms with van der Waals surface area (Å²) in [5.74, 6) is 0.615. The molecule has 1 aromatic heterocycles. The minimum Gasteiger partial charge on any atom is -0.369 e. The number of thiol groups is 1. The van der Waals surface area contributed by atoms with Crippen molar-refractivity contribution >= 4 is 39.1 Å². The highest BCUT2D eigenvalue weighted by Gasteiger charge is 2.15. The van der Waals surface area contributed by atoms with Gasteiger partial charge in [-0.15, -0.1) is 0 Å². The maximum absolute atomic E-state index is 8.81. The van der Waals surface area contributed by atoms with Crippen molar-refractivity contribution in [3.63, 3.8) is 0 Å². The van der Waals surface area contributed by atoms with Gasteiger partial charge in [0.2, 0.25) is 5.95 Å². The second-order valence-corrected chi connectivity index (χ2v) is 9.56. The molecule has 1 aliphatic heterocycles. The second-order valence-electron chi connectivity index (χ2n) is 8.99. The van der Waals surface area contributed by atoms with Gasteiger partial charge < -0.3 is 15.1 Å². The molecule has 8 nitrogen and oxygen atoms in total. The Morgan fingerprint density at radius 2 is 1.64 bits per heavy atom. The predicted molar refractivity (Wildman–Crippen MR) is 148 cm³/mol. The average Bonchev–Trinajstić information content (AvgIpc) is 2.86. The lowest BCUT2D eigenvalue weighted by atomic mass is 9.99. The minimum absolute atomic E-state index is 0.615. The van der Waals surface area contributed by atoms with Gasteiger partial charge in [0, 0.05) is 54.7 Å². The number of likely N-dealkylation sites (N-methyl/N-ethyl adjacent to an activating group) is 1. The zero-order chi connectivity index (χ0) is 25.7. The van der Waals surface area contributed by atoms with E-state index in [9.17, 15) is 0 Å². The summed E-state index contributed by atoms with van der Waals surface area (Å²) in [6, 6.07) is 21.4. The third-order valence-electron chi connectivity index (χ3n) is 6.40. The number of fused-ring (bicyclic) bond motifs is 1. The smallest absolute Gasteiger partial charge is 0.227 e. The van der Waals surface area contributed by atoms with Crippen molar-refractivity contribution in [2.24, 2.45) is 5.14 Å². The van der Waals surface area contributed by atoms with Gasteiger partial charge in [0.05, 0.1) is 5.52 Å². The van der Waals surface area contributed by atoms with Crippen molar-refractivity contribution in [2.75, 3.05) is 43.4 Å². The molecule has 0 aliphatic carbocycles. The van der Waals surface area contributed by atoms with E-state index in [0.717, 1.165) is 48.3 Å². The van der Waals surface area contributed by atoms with Crippen LogP contribution < -0.4 is 15.4 Å². The normalized spacial score (nSPS) is 14.0. The van der Waals surface area contributed by atoms with Crippen LogP contribution in [0.1, 0.15) is 11.1 Å². The Morgan fingerprint density at radius 3 is 2.36 bits per heavy atom. The molecule has 2 heterocycles. The zero-order valence-corrected chi connectivity index (χ0v) is 21.7. The molecule has 4 aromatic rings. The number of hydrogen-bond acceptors (Lipinski definition) is 7. The summed E-state index contributed by atoms with van der Waals surface area (Å²) in [7, 11) is -0.441. The lowest BCUT2D eigenvalue weighted by Crippen LogP contribution is -2.44. The van der Waals surface area contributed by atoms with Crippen LogP contribution in [0, 0.1) is 13.8 Å². The Hall–Kier alpha value is -3.53. The summed E-state index contributed by atoms with van der Waals surface area (Å²) in [6.45, 7) is 8.57. The average molecular weight is 505 g/mol. The van der Waals surface area contributed by atoms with Gasteiger partial charge in [0.1, 0.15) is 0 Å². The SMILES string of the molecule is Cc1ccc(-c2cccc3cnc(Nc4cccc(N5CCN(C)CC5)c4)nc23)cc1C.N[SH](=O)=O. The first-order valence-corrected chi connectivity index (χ1v) is 13.1. The van der Waals surface area contributed by atoms with Crippen molar-refractivity contribution in [1.82, 2.24) is 14.9 Å². The largest absolute Gasteiger partial charge is 0.369 e. The van der Waals surface area contributed by atoms with Gasteiger partial charge in [-0.25, -0.2) is 23.5 Å². The van der Waals surface area contributed by atoms with Crippen molar-refractivity contribution in [1.29, 1.82) is 0 Å². The number of rotatable bonds is 4. The predicted octanol–water partition coefficient (Wildman–Crippen LogP) is 3.88. The Kier molecular flexibility index (Phi) is 8.14. The number of nitrogens with two attached hydrogens (primary N) is 1. The number of nitrogens with zero attached hydrogens (tertiary/aromatic N) is 4. The summed E-state index contributed by atoms with van der Waals surface area (Å²) in [6.07, 6.45) is 1.90. The van der Waals surface area contributed by atoms with E-state index in [1.807, 2.05) is 6.20 Å². The molecule has 0 radical (unpaired) electrons. The maximum Gasteiger partial charge on any atom is 0.227 e. The van der Waals surface area contributed by atoms with Crippen LogP contribution in [0.25, 0.3) is 22.0 Å². The number of piperazine rings is 1. The molecule has 1 fully saturated rings. The van der Waals surface area contributed by atoms with Crippen LogP contribution in [-0.2, 0) is 10.9 Å². The highest BCUT2D eigenvalue weighted by molar-refractivity contribution is 7.69. The van der Waals surface area contributed by atoms with Crippen LogP contribution in [0.15, 0.2) is 66.9 Å². The van der Waals surface area contributed by atoms with E-state index in [1.165, 1.54) is 22.4 Å². The molecule has 0 atom stereocenters. The van der Waals surface area contributed by atoms with Crippen LogP contribution in [0.5, 0.6) is 0 Å². The first-order chi connectivity index (χ1) is 17.3. The maximum atomic E-state index is 8.81. The number of para-hydroxylation sites is 1. The molecule has 0 saturated carbocycles. The number of benzene rings is 3. The van der Waals surface area contributed by atoms with E-state index in [2.05, 4.69) is 107 Å². The molecule has 3 aromatic carbocycles. The number of nitrogens with one attached hydrogen (secondary N) is 1. The van der Waals surface area contributed by atoms with Gasteiger partial charge in [-0.1, -0.05) is 42.5 Å². The van der Waals surface area contributed by atoms with Gasteiger partial charge in [-0.05, 0) is 55.8 Å². The van der Waals surface area contributed by atoms with Crippen LogP contribution in [0.2, 0.25) is 0 Å². The quantitative estimate of drug-likeness (QED) is 0.362. The molecule has 9 heteroatoms. The second kappa shape index (κ2) is 11.5. The Bertz CT molecular complexity index is 1420. The molecule has 3 N–H and O–H groups in total. The summed E-state index contributed by atoms with van der Waals surface area (Å²) < 4.78 is 17.6. The van der Waals surface area contributed by atoms with Crippen LogP contribution >= 0.6 is 0 Å². The van der Waals surface area contributed by atoms with E-state index in [0.29, 0.717) is 5.95 Å². The number of anilines is 3. The van der Waals surface area contributed by atoms with Crippen molar-refractivity contribution in [3.05, 3.63) is 78.0 Å². The van der Waals surface area contributed by atoms with Gasteiger partial charge in [0.15, 0.2) is 10.9 Å². The van der Waals surface area contributed by atoms with Gasteiger partial charge in [-0.2, -0.15) is 0 Å². The highest BCUT2D eigenvalue weighted by Crippen LogP contribution is 2.30. The van der Waals surface area contributed by atoms with Crippen molar-refractivity contribution < 1.29 is 8.42 Å². The first kappa shape index (κ1) is 25.6. The van der Waals surface area contributed by atoms with E-state index >= 15 is 0 Å². The van der Waals surface area contributed by atoms with Gasteiger partial charge in [0.25, 0.3) is 0 Å². The number of aromatic nitrogens is 2. The molecule has 0 unspecified atom stereocenters. The topological polar surface area (TPSA) is 104 Å². The van der Waals surface area contributed by atoms with E-state index < -0.39 is 10.9 Å². The Morgan fingerprint density at radius 1 is 0.917 bits per heavy atom. The molecule has 188 valence electrons. The fourth-order valence-corrected chi connectivity index (χ4v) is 4.23. The monoisotopic (exact) mass is 504 g/mol. The molecule has 0 amide bonds. The molecule has 0 spiro atoms. The molecule has 0 bridgehead atoms. The Labute approximate surface area is 213 Å².